The molecule has 1 amide bonds. The first-order valence-corrected chi connectivity index (χ1v) is 7.15. The molecule has 1 rings (SSSR count). The summed E-state index contributed by atoms with van der Waals surface area (Å²) in [5.41, 5.74) is 0.629. The van der Waals surface area contributed by atoms with Crippen LogP contribution in [-0.2, 0) is 9.53 Å². The van der Waals surface area contributed by atoms with Crippen molar-refractivity contribution >= 4 is 12.0 Å². The third-order valence-electron chi connectivity index (χ3n) is 2.72. The van der Waals surface area contributed by atoms with Gasteiger partial charge in [-0.15, -0.1) is 0 Å². The Labute approximate surface area is 134 Å². The van der Waals surface area contributed by atoms with E-state index in [2.05, 4.69) is 10.1 Å². The summed E-state index contributed by atoms with van der Waals surface area (Å²) in [5.74, 6) is -0.124. The van der Waals surface area contributed by atoms with E-state index in [1.165, 1.54) is 18.2 Å². The molecule has 23 heavy (non-hydrogen) atoms. The van der Waals surface area contributed by atoms with Crippen LogP contribution in [0.25, 0.3) is 6.08 Å². The highest BCUT2D eigenvalue weighted by Gasteiger charge is 2.11. The van der Waals surface area contributed by atoms with Crippen LogP contribution in [0.2, 0.25) is 0 Å². The molecule has 128 valence electrons. The van der Waals surface area contributed by atoms with Gasteiger partial charge in [-0.2, -0.15) is 8.78 Å². The zero-order chi connectivity index (χ0) is 17.2. The van der Waals surface area contributed by atoms with Crippen LogP contribution >= 0.6 is 0 Å². The topological polar surface area (TPSA) is 56.8 Å². The number of rotatable bonds is 9. The maximum absolute atomic E-state index is 12.3. The van der Waals surface area contributed by atoms with Crippen LogP contribution in [0.15, 0.2) is 24.3 Å². The summed E-state index contributed by atoms with van der Waals surface area (Å²) in [6.45, 7) is 1.34. The van der Waals surface area contributed by atoms with E-state index in [4.69, 9.17) is 9.47 Å². The van der Waals surface area contributed by atoms with Gasteiger partial charge in [0.1, 0.15) is 0 Å². The smallest absolute Gasteiger partial charge is 0.387 e. The van der Waals surface area contributed by atoms with E-state index >= 15 is 0 Å². The van der Waals surface area contributed by atoms with E-state index in [0.717, 1.165) is 0 Å². The number of hydrogen-bond acceptors (Lipinski definition) is 4. The van der Waals surface area contributed by atoms with Crippen molar-refractivity contribution in [2.24, 2.45) is 0 Å². The average molecular weight is 329 g/mol. The second-order valence-corrected chi connectivity index (χ2v) is 4.72. The van der Waals surface area contributed by atoms with Crippen LogP contribution in [0, 0.1) is 0 Å². The molecule has 0 heterocycles. The van der Waals surface area contributed by atoms with E-state index < -0.39 is 6.61 Å². The van der Waals surface area contributed by atoms with E-state index in [-0.39, 0.29) is 23.4 Å². The minimum absolute atomic E-state index is 0.0443. The maximum Gasteiger partial charge on any atom is 0.387 e. The Balaban J connectivity index is 2.78. The van der Waals surface area contributed by atoms with Crippen molar-refractivity contribution in [3.63, 3.8) is 0 Å². The summed E-state index contributed by atoms with van der Waals surface area (Å²) in [4.78, 5) is 11.7. The van der Waals surface area contributed by atoms with Crippen LogP contribution in [-0.4, -0.2) is 38.9 Å². The zero-order valence-electron chi connectivity index (χ0n) is 13.3. The van der Waals surface area contributed by atoms with Gasteiger partial charge in [-0.3, -0.25) is 4.79 Å². The first-order chi connectivity index (χ1) is 11.0. The first-order valence-electron chi connectivity index (χ1n) is 7.15. The van der Waals surface area contributed by atoms with Gasteiger partial charge < -0.3 is 19.5 Å². The molecule has 1 unspecified atom stereocenters. The summed E-state index contributed by atoms with van der Waals surface area (Å²) in [6.07, 6.45) is 2.91. The van der Waals surface area contributed by atoms with E-state index in [9.17, 15) is 13.6 Å². The van der Waals surface area contributed by atoms with Crippen molar-refractivity contribution in [2.75, 3.05) is 20.3 Å². The molecule has 1 atom stereocenters. The second kappa shape index (κ2) is 9.78. The van der Waals surface area contributed by atoms with Crippen LogP contribution in [0.1, 0.15) is 19.4 Å². The normalized spacial score (nSPS) is 12.4. The second-order valence-electron chi connectivity index (χ2n) is 4.72. The van der Waals surface area contributed by atoms with Crippen molar-refractivity contribution in [2.45, 2.75) is 26.5 Å². The average Bonchev–Trinajstić information content (AvgIpc) is 2.47. The molecule has 1 aromatic rings. The Bertz CT molecular complexity index is 535. The fourth-order valence-electron chi connectivity index (χ4n) is 1.84. The summed E-state index contributed by atoms with van der Waals surface area (Å²) >= 11 is 0. The molecule has 0 aliphatic rings. The van der Waals surface area contributed by atoms with E-state index in [1.807, 2.05) is 6.92 Å². The van der Waals surface area contributed by atoms with Gasteiger partial charge >= 0.3 is 6.61 Å². The predicted molar refractivity (Wildman–Crippen MR) is 82.8 cm³/mol. The number of ether oxygens (including phenoxy) is 3. The highest BCUT2D eigenvalue weighted by Crippen LogP contribution is 2.30. The lowest BCUT2D eigenvalue weighted by atomic mass is 10.2. The minimum Gasteiger partial charge on any atom is -0.490 e. The van der Waals surface area contributed by atoms with Crippen molar-refractivity contribution in [1.29, 1.82) is 0 Å². The first kappa shape index (κ1) is 18.9. The quantitative estimate of drug-likeness (QED) is 0.708. The van der Waals surface area contributed by atoms with E-state index in [0.29, 0.717) is 18.8 Å². The van der Waals surface area contributed by atoms with Crippen LogP contribution in [0.3, 0.4) is 0 Å². The molecule has 7 heteroatoms. The third-order valence-corrected chi connectivity index (χ3v) is 2.72. The molecule has 0 saturated heterocycles. The number of hydrogen-bond donors (Lipinski definition) is 1. The number of alkyl halides is 2. The van der Waals surface area contributed by atoms with Gasteiger partial charge in [0.05, 0.1) is 13.2 Å². The van der Waals surface area contributed by atoms with Gasteiger partial charge in [-0.1, -0.05) is 6.07 Å². The number of carbonyl (C=O) groups is 1. The Kier molecular flexibility index (Phi) is 8.04. The number of halogens is 2. The summed E-state index contributed by atoms with van der Waals surface area (Å²) in [7, 11) is 1.55. The lowest BCUT2D eigenvalue weighted by Crippen LogP contribution is -2.34. The Morgan fingerprint density at radius 2 is 2.09 bits per heavy atom. The van der Waals surface area contributed by atoms with Gasteiger partial charge in [-0.25, -0.2) is 0 Å². The molecule has 0 radical (unpaired) electrons. The number of benzene rings is 1. The summed E-state index contributed by atoms with van der Waals surface area (Å²) < 4.78 is 39.2. The van der Waals surface area contributed by atoms with Crippen molar-refractivity contribution in [3.05, 3.63) is 29.8 Å². The molecule has 0 aliphatic carbocycles. The Hall–Kier alpha value is -2.15. The maximum atomic E-state index is 12.3. The SMILES string of the molecule is CCOc1cc(/C=C/C(=O)NC(C)COC)ccc1OC(F)F. The summed E-state index contributed by atoms with van der Waals surface area (Å²) in [5, 5.41) is 2.72. The minimum atomic E-state index is -2.93. The largest absolute Gasteiger partial charge is 0.490 e. The Morgan fingerprint density at radius 1 is 1.35 bits per heavy atom. The van der Waals surface area contributed by atoms with Gasteiger partial charge in [-0.05, 0) is 37.6 Å². The molecular formula is C16H21F2NO4. The molecule has 0 spiro atoms. The third kappa shape index (κ3) is 7.10. The van der Waals surface area contributed by atoms with Crippen LogP contribution in [0.4, 0.5) is 8.78 Å². The lowest BCUT2D eigenvalue weighted by molar-refractivity contribution is -0.117. The van der Waals surface area contributed by atoms with Gasteiger partial charge in [0, 0.05) is 19.2 Å². The summed E-state index contributed by atoms with van der Waals surface area (Å²) in [6, 6.07) is 4.35. The number of nitrogens with one attached hydrogen (secondary N) is 1. The van der Waals surface area contributed by atoms with Gasteiger partial charge in [0.25, 0.3) is 0 Å². The number of amides is 1. The molecule has 5 nitrogen and oxygen atoms in total. The number of carbonyl (C=O) groups excluding carboxylic acids is 1. The fraction of sp³-hybridized carbons (Fsp3) is 0.438. The fourth-order valence-corrected chi connectivity index (χ4v) is 1.84. The predicted octanol–water partition coefficient (Wildman–Crippen LogP) is 2.85. The standard InChI is InChI=1S/C16H21F2NO4/c1-4-22-14-9-12(5-7-13(14)23-16(17)18)6-8-15(20)19-11(2)10-21-3/h5-9,11,16H,4,10H2,1-3H3,(H,19,20)/b8-6+. The zero-order valence-corrected chi connectivity index (χ0v) is 13.3. The lowest BCUT2D eigenvalue weighted by Gasteiger charge is -2.12. The van der Waals surface area contributed by atoms with E-state index in [1.54, 1.807) is 26.2 Å². The Morgan fingerprint density at radius 3 is 2.70 bits per heavy atom. The monoisotopic (exact) mass is 329 g/mol. The molecule has 0 saturated carbocycles. The molecular weight excluding hydrogens is 308 g/mol. The van der Waals surface area contributed by atoms with Gasteiger partial charge in [0.15, 0.2) is 11.5 Å². The van der Waals surface area contributed by atoms with Crippen LogP contribution < -0.4 is 14.8 Å². The van der Waals surface area contributed by atoms with Crippen molar-refractivity contribution in [3.8, 4) is 11.5 Å². The highest BCUT2D eigenvalue weighted by molar-refractivity contribution is 5.92. The van der Waals surface area contributed by atoms with Gasteiger partial charge in [0.2, 0.25) is 5.91 Å². The van der Waals surface area contributed by atoms with Crippen molar-refractivity contribution in [1.82, 2.24) is 5.32 Å². The molecule has 1 aromatic carbocycles. The molecule has 0 aliphatic heterocycles. The molecule has 1 N–H and O–H groups in total. The number of methoxy groups -OCH3 is 1. The highest BCUT2D eigenvalue weighted by atomic mass is 19.3. The molecule has 0 bridgehead atoms. The molecule has 0 fully saturated rings. The van der Waals surface area contributed by atoms with Crippen LogP contribution in [0.5, 0.6) is 11.5 Å². The molecule has 0 aromatic heterocycles. The van der Waals surface area contributed by atoms with Crippen molar-refractivity contribution < 1.29 is 27.8 Å².